The molecule has 0 aliphatic carbocycles. The number of amides is 2. The number of carbonyl (C=O) groups excluding carboxylic acids is 2. The lowest BCUT2D eigenvalue weighted by Gasteiger charge is -2.49. The van der Waals surface area contributed by atoms with Crippen molar-refractivity contribution in [2.75, 3.05) is 18.6 Å². The fraction of sp³-hybridized carbons (Fsp3) is 0.400. The van der Waals surface area contributed by atoms with Crippen molar-refractivity contribution in [1.29, 1.82) is 0 Å². The molecule has 5 N–H and O–H groups in total. The molecule has 34 heavy (non-hydrogen) atoms. The molecule has 2 aliphatic rings. The van der Waals surface area contributed by atoms with Crippen molar-refractivity contribution >= 4 is 63.9 Å². The maximum Gasteiger partial charge on any atom is 0.512 e. The summed E-state index contributed by atoms with van der Waals surface area (Å²) in [6.45, 7) is 1.80. The largest absolute Gasteiger partial charge is 0.512 e. The van der Waals surface area contributed by atoms with Gasteiger partial charge in [0.15, 0.2) is 5.13 Å². The molecule has 2 aromatic rings. The van der Waals surface area contributed by atoms with E-state index in [4.69, 9.17) is 15.3 Å². The second-order valence-electron chi connectivity index (χ2n) is 6.59. The minimum atomic E-state index is -1.57. The average molecular weight is 529 g/mol. The van der Waals surface area contributed by atoms with E-state index in [2.05, 4.69) is 40.5 Å². The van der Waals surface area contributed by atoms with Gasteiger partial charge >= 0.3 is 6.16 Å². The standard InChI is InChI=1S/C15H16N10O6S3/c1-4(33-14-19-23-24-20-14)5-3-32-12-7(10(27)25(12)11(5)31-15(28)29)17-9(26)6(21-30-2)8-18-13(16)34-22-8/h4,7,12H,3H2,1-2H3,(H,17,26)(H,28,29)(H2,16,18,22)(H,19,20,23,24)/b21-6-/t4?,7-,12+/m1/s1. The first-order valence-electron chi connectivity index (χ1n) is 9.30. The van der Waals surface area contributed by atoms with E-state index in [9.17, 15) is 19.5 Å². The zero-order chi connectivity index (χ0) is 24.4. The van der Waals surface area contributed by atoms with E-state index in [0.29, 0.717) is 16.5 Å². The van der Waals surface area contributed by atoms with E-state index >= 15 is 0 Å². The lowest BCUT2D eigenvalue weighted by molar-refractivity contribution is -0.148. The second kappa shape index (κ2) is 9.81. The predicted molar refractivity (Wildman–Crippen MR) is 119 cm³/mol. The zero-order valence-corrected chi connectivity index (χ0v) is 19.8. The first kappa shape index (κ1) is 23.7. The Balaban J connectivity index is 1.53. The number of fused-ring (bicyclic) bond motifs is 1. The van der Waals surface area contributed by atoms with Gasteiger partial charge in [-0.3, -0.25) is 14.5 Å². The number of oxime groups is 1. The number of carboxylic acid groups (broad SMARTS) is 1. The number of ether oxygens (including phenoxy) is 1. The normalized spacial score (nSPS) is 20.9. The Morgan fingerprint density at radius 3 is 2.88 bits per heavy atom. The number of nitrogens with two attached hydrogens (primary N) is 1. The van der Waals surface area contributed by atoms with Crippen molar-refractivity contribution in [3.05, 3.63) is 17.3 Å². The summed E-state index contributed by atoms with van der Waals surface area (Å²) >= 11 is 3.42. The van der Waals surface area contributed by atoms with Gasteiger partial charge in [-0.15, -0.1) is 22.0 Å². The number of rotatable bonds is 8. The van der Waals surface area contributed by atoms with Gasteiger partial charge in [0, 0.05) is 28.1 Å². The lowest BCUT2D eigenvalue weighted by atomic mass is 10.0. The number of hydrogen-bond acceptors (Lipinski definition) is 15. The summed E-state index contributed by atoms with van der Waals surface area (Å²) in [5, 5.41) is 28.5. The number of carbonyl (C=O) groups is 3. The highest BCUT2D eigenvalue weighted by Crippen LogP contribution is 2.43. The maximum atomic E-state index is 13.0. The Kier molecular flexibility index (Phi) is 6.84. The molecule has 0 aromatic carbocycles. The van der Waals surface area contributed by atoms with Crippen LogP contribution in [0.25, 0.3) is 0 Å². The van der Waals surface area contributed by atoms with Crippen molar-refractivity contribution in [2.45, 2.75) is 28.7 Å². The van der Waals surface area contributed by atoms with Gasteiger partial charge in [-0.2, -0.15) is 14.6 Å². The molecule has 4 rings (SSSR count). The number of thioether (sulfide) groups is 2. The van der Waals surface area contributed by atoms with Crippen molar-refractivity contribution in [3.63, 3.8) is 0 Å². The number of aromatic nitrogens is 6. The maximum absolute atomic E-state index is 13.0. The Morgan fingerprint density at radius 2 is 2.26 bits per heavy atom. The first-order valence-corrected chi connectivity index (χ1v) is 12.0. The Labute approximate surface area is 202 Å². The van der Waals surface area contributed by atoms with Crippen LogP contribution in [0, 0.1) is 0 Å². The Bertz CT molecular complexity index is 1170. The fourth-order valence-corrected chi connectivity index (χ4v) is 5.93. The van der Waals surface area contributed by atoms with E-state index < -0.39 is 29.4 Å². The number of aromatic amines is 1. The molecule has 0 bridgehead atoms. The van der Waals surface area contributed by atoms with Gasteiger partial charge in [-0.05, 0) is 12.1 Å². The van der Waals surface area contributed by atoms with Gasteiger partial charge < -0.3 is 25.7 Å². The zero-order valence-electron chi connectivity index (χ0n) is 17.4. The quantitative estimate of drug-likeness (QED) is 0.111. The third-order valence-electron chi connectivity index (χ3n) is 4.57. The molecule has 1 fully saturated rings. The van der Waals surface area contributed by atoms with Crippen LogP contribution in [0.3, 0.4) is 0 Å². The van der Waals surface area contributed by atoms with Crippen LogP contribution in [-0.2, 0) is 19.2 Å². The lowest BCUT2D eigenvalue weighted by Crippen LogP contribution is -2.70. The molecule has 2 aromatic heterocycles. The number of anilines is 1. The van der Waals surface area contributed by atoms with Crippen molar-refractivity contribution in [2.24, 2.45) is 5.16 Å². The van der Waals surface area contributed by atoms with Crippen LogP contribution < -0.4 is 11.1 Å². The molecule has 1 unspecified atom stereocenters. The molecular formula is C15H16N10O6S3. The van der Waals surface area contributed by atoms with Crippen LogP contribution in [-0.4, -0.2) is 93.2 Å². The molecule has 0 spiro atoms. The molecule has 180 valence electrons. The van der Waals surface area contributed by atoms with E-state index in [0.717, 1.165) is 11.5 Å². The minimum absolute atomic E-state index is 0.0498. The monoisotopic (exact) mass is 528 g/mol. The minimum Gasteiger partial charge on any atom is -0.449 e. The van der Waals surface area contributed by atoms with Gasteiger partial charge in [0.2, 0.25) is 22.6 Å². The van der Waals surface area contributed by atoms with Crippen molar-refractivity contribution in [1.82, 2.24) is 40.2 Å². The molecule has 3 atom stereocenters. The summed E-state index contributed by atoms with van der Waals surface area (Å²) in [7, 11) is 1.24. The summed E-state index contributed by atoms with van der Waals surface area (Å²) < 4.78 is 8.91. The Morgan fingerprint density at radius 1 is 1.47 bits per heavy atom. The first-order chi connectivity index (χ1) is 16.3. The third kappa shape index (κ3) is 4.61. The van der Waals surface area contributed by atoms with Crippen LogP contribution >= 0.6 is 35.1 Å². The number of nitrogens with one attached hydrogen (secondary N) is 2. The van der Waals surface area contributed by atoms with Crippen LogP contribution in [0.4, 0.5) is 9.93 Å². The average Bonchev–Trinajstić information content (AvgIpc) is 3.46. The number of nitrogen functional groups attached to an aromatic ring is 1. The summed E-state index contributed by atoms with van der Waals surface area (Å²) in [6.07, 6.45) is -1.57. The van der Waals surface area contributed by atoms with Crippen molar-refractivity contribution < 1.29 is 29.1 Å². The van der Waals surface area contributed by atoms with Crippen LogP contribution in [0.2, 0.25) is 0 Å². The van der Waals surface area contributed by atoms with Gasteiger partial charge in [0.1, 0.15) is 18.5 Å². The molecule has 0 saturated carbocycles. The van der Waals surface area contributed by atoms with E-state index in [1.807, 2.05) is 0 Å². The van der Waals surface area contributed by atoms with Gasteiger partial charge in [0.25, 0.3) is 11.8 Å². The van der Waals surface area contributed by atoms with Gasteiger partial charge in [-0.1, -0.05) is 16.9 Å². The predicted octanol–water partition coefficient (Wildman–Crippen LogP) is -0.529. The smallest absolute Gasteiger partial charge is 0.449 e. The SMILES string of the molecule is CO/N=C(\C(=O)N[C@@H]1C(=O)N2C(OC(=O)O)=C(C(C)Sc3nn[nH]n3)CS[C@@H]12)c1nsc(N)n1. The highest BCUT2D eigenvalue weighted by atomic mass is 32.2. The van der Waals surface area contributed by atoms with E-state index in [-0.39, 0.29) is 27.8 Å². The topological polar surface area (TPSA) is 224 Å². The summed E-state index contributed by atoms with van der Waals surface area (Å²) in [6, 6.07) is -0.968. The van der Waals surface area contributed by atoms with E-state index in [1.54, 1.807) is 6.92 Å². The molecular weight excluding hydrogens is 512 g/mol. The van der Waals surface area contributed by atoms with Gasteiger partial charge in [-0.25, -0.2) is 4.79 Å². The fourth-order valence-electron chi connectivity index (χ4n) is 3.11. The molecule has 19 heteroatoms. The number of tetrazole rings is 1. The number of β-lactam (4-membered cyclic amide) rings is 1. The van der Waals surface area contributed by atoms with Gasteiger partial charge in [0.05, 0.1) is 0 Å². The van der Waals surface area contributed by atoms with E-state index in [1.165, 1.54) is 35.5 Å². The Hall–Kier alpha value is -3.45. The summed E-state index contributed by atoms with van der Waals surface area (Å²) in [5.41, 5.74) is 5.86. The number of nitrogens with zero attached hydrogens (tertiary/aromatic N) is 7. The molecule has 4 heterocycles. The van der Waals surface area contributed by atoms with Crippen LogP contribution in [0.1, 0.15) is 12.7 Å². The summed E-state index contributed by atoms with van der Waals surface area (Å²) in [5.74, 6) is -1.13. The molecule has 16 nitrogen and oxygen atoms in total. The highest BCUT2D eigenvalue weighted by molar-refractivity contribution is 8.01. The third-order valence-corrected chi connectivity index (χ3v) is 7.43. The molecule has 1 saturated heterocycles. The number of H-pyrrole nitrogens is 1. The second-order valence-corrected chi connectivity index (χ2v) is 9.79. The number of hydrogen-bond donors (Lipinski definition) is 4. The van der Waals surface area contributed by atoms with Crippen molar-refractivity contribution in [3.8, 4) is 0 Å². The van der Waals surface area contributed by atoms with Crippen LogP contribution in [0.15, 0.2) is 21.8 Å². The van der Waals surface area contributed by atoms with Crippen LogP contribution in [0.5, 0.6) is 0 Å². The summed E-state index contributed by atoms with van der Waals surface area (Å²) in [4.78, 5) is 46.9. The molecule has 2 amide bonds. The molecule has 2 aliphatic heterocycles. The molecule has 0 radical (unpaired) electrons. The highest BCUT2D eigenvalue weighted by Gasteiger charge is 2.55.